The van der Waals surface area contributed by atoms with Crippen LogP contribution >= 0.6 is 0 Å². The van der Waals surface area contributed by atoms with E-state index >= 15 is 0 Å². The van der Waals surface area contributed by atoms with E-state index in [1.54, 1.807) is 12.1 Å². The first kappa shape index (κ1) is 36.5. The Morgan fingerprint density at radius 2 is 1.43 bits per heavy atom. The molecule has 0 saturated heterocycles. The van der Waals surface area contributed by atoms with Crippen molar-refractivity contribution in [1.82, 2.24) is 5.32 Å². The lowest BCUT2D eigenvalue weighted by Gasteiger charge is -2.53. The number of aromatic hydroxyl groups is 4. The molecule has 3 aromatic carbocycles. The summed E-state index contributed by atoms with van der Waals surface area (Å²) >= 11 is 0. The molecule has 3 aromatic rings. The number of carboxylic acid groups (broad SMARTS) is 1. The van der Waals surface area contributed by atoms with E-state index in [9.17, 15) is 50.1 Å². The van der Waals surface area contributed by atoms with Gasteiger partial charge >= 0.3 is 17.9 Å². The maximum absolute atomic E-state index is 13.4. The van der Waals surface area contributed by atoms with Gasteiger partial charge in [-0.1, -0.05) is 43.3 Å². The van der Waals surface area contributed by atoms with Crippen molar-refractivity contribution < 1.29 is 59.6 Å². The zero-order valence-corrected chi connectivity index (χ0v) is 26.8. The zero-order chi connectivity index (χ0) is 35.9. The fraction of sp³-hybridized carbons (Fsp3) is 0.306. The zero-order valence-electron chi connectivity index (χ0n) is 26.8. The lowest BCUT2D eigenvalue weighted by molar-refractivity contribution is -0.256. The topological polar surface area (TPSA) is 223 Å². The molecule has 1 aliphatic carbocycles. The number of phenolic OH excluding ortho intramolecular Hbond substituents is 4. The predicted octanol–water partition coefficient (Wildman–Crippen LogP) is 2.65. The summed E-state index contributed by atoms with van der Waals surface area (Å²) in [5.74, 6) is -6.87. The highest BCUT2D eigenvalue weighted by atomic mass is 16.6. The van der Waals surface area contributed by atoms with E-state index in [1.165, 1.54) is 55.6 Å². The van der Waals surface area contributed by atoms with Gasteiger partial charge in [0, 0.05) is 31.0 Å². The van der Waals surface area contributed by atoms with Crippen LogP contribution in [0.2, 0.25) is 0 Å². The van der Waals surface area contributed by atoms with E-state index in [1.807, 2.05) is 19.1 Å². The number of hydrogen-bond acceptors (Lipinski definition) is 12. The van der Waals surface area contributed by atoms with Crippen molar-refractivity contribution in [3.8, 4) is 23.0 Å². The Bertz CT molecular complexity index is 1750. The second-order valence-corrected chi connectivity index (χ2v) is 11.9. The molecule has 5 atom stereocenters. The molecule has 0 bridgehead atoms. The van der Waals surface area contributed by atoms with Gasteiger partial charge in [-0.15, -0.1) is 0 Å². The fourth-order valence-electron chi connectivity index (χ4n) is 5.99. The molecule has 0 heterocycles. The molecular weight excluding hydrogens is 638 g/mol. The van der Waals surface area contributed by atoms with Crippen molar-refractivity contribution in [1.29, 1.82) is 0 Å². The molecular formula is C36H39NO12. The minimum Gasteiger partial charge on any atom is -0.504 e. The molecule has 13 nitrogen and oxygen atoms in total. The maximum Gasteiger partial charge on any atom is 0.336 e. The first-order valence-electron chi connectivity index (χ1n) is 15.4. The molecule has 0 spiro atoms. The van der Waals surface area contributed by atoms with Crippen molar-refractivity contribution in [2.45, 2.75) is 49.6 Å². The van der Waals surface area contributed by atoms with Crippen LogP contribution in [0.25, 0.3) is 12.2 Å². The summed E-state index contributed by atoms with van der Waals surface area (Å²) in [4.78, 5) is 39.5. The van der Waals surface area contributed by atoms with Crippen LogP contribution in [-0.2, 0) is 36.7 Å². The molecule has 1 aliphatic rings. The van der Waals surface area contributed by atoms with Crippen LogP contribution in [0.1, 0.15) is 35.6 Å². The summed E-state index contributed by atoms with van der Waals surface area (Å²) < 4.78 is 11.7. The van der Waals surface area contributed by atoms with E-state index < -0.39 is 65.2 Å². The van der Waals surface area contributed by atoms with E-state index in [4.69, 9.17) is 9.47 Å². The lowest BCUT2D eigenvalue weighted by atomic mass is 9.63. The van der Waals surface area contributed by atoms with Gasteiger partial charge in [0.15, 0.2) is 40.3 Å². The van der Waals surface area contributed by atoms with Gasteiger partial charge in [-0.2, -0.15) is 0 Å². The number of hydrogen-bond donors (Lipinski definition) is 8. The SMILES string of the molecule is CCc1cccc(CC2C(OC(=O)C=Cc3ccc(O)c(O)c3)C(CNC)(OC(=O)C=Cc3ccc(O)c(O)c3)C(O)CC2(O)C(=O)O)c1. The Balaban J connectivity index is 1.80. The van der Waals surface area contributed by atoms with Gasteiger partial charge in [0.1, 0.15) is 6.10 Å². The molecule has 260 valence electrons. The van der Waals surface area contributed by atoms with Crippen molar-refractivity contribution in [2.24, 2.45) is 5.92 Å². The Labute approximate surface area is 282 Å². The van der Waals surface area contributed by atoms with Gasteiger partial charge in [-0.3, -0.25) is 0 Å². The molecule has 49 heavy (non-hydrogen) atoms. The Morgan fingerprint density at radius 3 is 1.96 bits per heavy atom. The van der Waals surface area contributed by atoms with Gasteiger partial charge < -0.3 is 50.5 Å². The number of carbonyl (C=O) groups excluding carboxylic acids is 2. The summed E-state index contributed by atoms with van der Waals surface area (Å²) in [6.45, 7) is 1.58. The molecule has 0 radical (unpaired) electrons. The van der Waals surface area contributed by atoms with Crippen molar-refractivity contribution >= 4 is 30.1 Å². The molecule has 1 fully saturated rings. The number of esters is 2. The standard InChI is InChI=1S/C36H39NO12/c1-3-21-5-4-6-24(15-21)16-25-33(48-31(43)13-9-22-7-11-26(38)28(40)17-22)36(20-37-2,30(42)19-35(25,47)34(45)46)49-32(44)14-10-23-8-12-27(39)29(41)18-23/h4-15,17-18,25,30,33,37-42,47H,3,16,19-20H2,1-2H3,(H,45,46). The number of ether oxygens (including phenoxy) is 2. The number of carbonyl (C=O) groups is 3. The Morgan fingerprint density at radius 1 is 0.857 bits per heavy atom. The van der Waals surface area contributed by atoms with Crippen molar-refractivity contribution in [3.63, 3.8) is 0 Å². The number of carboxylic acids is 1. The van der Waals surface area contributed by atoms with Crippen LogP contribution in [-0.4, -0.2) is 90.7 Å². The minimum atomic E-state index is -2.65. The smallest absolute Gasteiger partial charge is 0.336 e. The normalized spacial score (nSPS) is 23.8. The Hall–Kier alpha value is -5.37. The van der Waals surface area contributed by atoms with Gasteiger partial charge in [0.25, 0.3) is 0 Å². The van der Waals surface area contributed by atoms with Crippen LogP contribution < -0.4 is 5.32 Å². The number of likely N-dealkylation sites (N-methyl/N-ethyl adjacent to an activating group) is 1. The molecule has 13 heteroatoms. The molecule has 0 amide bonds. The minimum absolute atomic E-state index is 0.164. The number of aliphatic hydroxyl groups excluding tert-OH is 1. The van der Waals surface area contributed by atoms with Crippen LogP contribution in [0.5, 0.6) is 23.0 Å². The molecule has 1 saturated carbocycles. The third kappa shape index (κ3) is 8.20. The van der Waals surface area contributed by atoms with Gasteiger partial charge in [0.05, 0.1) is 0 Å². The first-order chi connectivity index (χ1) is 23.2. The molecule has 5 unspecified atom stereocenters. The second kappa shape index (κ2) is 15.2. The number of aliphatic carboxylic acids is 1. The van der Waals surface area contributed by atoms with E-state index in [-0.39, 0.29) is 24.5 Å². The second-order valence-electron chi connectivity index (χ2n) is 11.9. The van der Waals surface area contributed by atoms with Crippen molar-refractivity contribution in [3.05, 3.63) is 95.1 Å². The fourth-order valence-corrected chi connectivity index (χ4v) is 5.99. The molecule has 0 aliphatic heterocycles. The monoisotopic (exact) mass is 677 g/mol. The number of aryl methyl sites for hydroxylation is 1. The third-order valence-corrected chi connectivity index (χ3v) is 8.56. The molecule has 4 rings (SSSR count). The van der Waals surface area contributed by atoms with Crippen molar-refractivity contribution in [2.75, 3.05) is 13.6 Å². The van der Waals surface area contributed by atoms with Crippen LogP contribution in [0, 0.1) is 5.92 Å². The quantitative estimate of drug-likeness (QED) is 0.0785. The van der Waals surface area contributed by atoms with Gasteiger partial charge in [-0.05, 0) is 78.6 Å². The van der Waals surface area contributed by atoms with E-state index in [0.717, 1.165) is 17.7 Å². The van der Waals surface area contributed by atoms with Crippen LogP contribution in [0.4, 0.5) is 0 Å². The number of nitrogens with one attached hydrogen (secondary N) is 1. The number of rotatable bonds is 12. The largest absolute Gasteiger partial charge is 0.504 e. The van der Waals surface area contributed by atoms with E-state index in [2.05, 4.69) is 5.32 Å². The molecule has 0 aromatic heterocycles. The summed E-state index contributed by atoms with van der Waals surface area (Å²) in [5, 5.41) is 75.3. The third-order valence-electron chi connectivity index (χ3n) is 8.56. The summed E-state index contributed by atoms with van der Waals surface area (Å²) in [6.07, 6.45) is 0.537. The highest BCUT2D eigenvalue weighted by Crippen LogP contribution is 2.46. The lowest BCUT2D eigenvalue weighted by Crippen LogP contribution is -2.73. The summed E-state index contributed by atoms with van der Waals surface area (Å²) in [6, 6.07) is 14.8. The number of phenols is 4. The summed E-state index contributed by atoms with van der Waals surface area (Å²) in [7, 11) is 1.48. The molecule has 8 N–H and O–H groups in total. The summed E-state index contributed by atoms with van der Waals surface area (Å²) in [5.41, 5.74) is -2.68. The van der Waals surface area contributed by atoms with Crippen LogP contribution in [0.3, 0.4) is 0 Å². The average Bonchev–Trinajstić information content (AvgIpc) is 3.06. The van der Waals surface area contributed by atoms with Gasteiger partial charge in [0.2, 0.25) is 0 Å². The van der Waals surface area contributed by atoms with Gasteiger partial charge in [-0.25, -0.2) is 14.4 Å². The number of aliphatic hydroxyl groups is 2. The predicted molar refractivity (Wildman–Crippen MR) is 176 cm³/mol. The first-order valence-corrected chi connectivity index (χ1v) is 15.4. The Kier molecular flexibility index (Phi) is 11.3. The van der Waals surface area contributed by atoms with E-state index in [0.29, 0.717) is 23.1 Å². The number of benzene rings is 3. The highest BCUT2D eigenvalue weighted by molar-refractivity contribution is 5.89. The average molecular weight is 678 g/mol. The maximum atomic E-state index is 13.4. The van der Waals surface area contributed by atoms with Crippen LogP contribution in [0.15, 0.2) is 72.8 Å². The highest BCUT2D eigenvalue weighted by Gasteiger charge is 2.66.